The molecule has 1 unspecified atom stereocenters. The van der Waals surface area contributed by atoms with Crippen molar-refractivity contribution in [2.75, 3.05) is 25.1 Å². The minimum Gasteiger partial charge on any atom is -0.481 e. The van der Waals surface area contributed by atoms with Gasteiger partial charge in [-0.25, -0.2) is 4.79 Å². The number of thioether (sulfide) groups is 1. The first-order chi connectivity index (χ1) is 8.65. The van der Waals surface area contributed by atoms with E-state index in [1.54, 1.807) is 16.7 Å². The minimum absolute atomic E-state index is 0.0538. The van der Waals surface area contributed by atoms with E-state index in [9.17, 15) is 9.59 Å². The summed E-state index contributed by atoms with van der Waals surface area (Å²) in [5.41, 5.74) is 0. The lowest BCUT2D eigenvalue weighted by molar-refractivity contribution is -0.138. The molecular weight excluding hydrogens is 252 g/mol. The van der Waals surface area contributed by atoms with Crippen molar-refractivity contribution in [1.82, 2.24) is 10.2 Å². The second-order valence-electron chi connectivity index (χ2n) is 4.52. The highest BCUT2D eigenvalue weighted by Crippen LogP contribution is 2.19. The Balaban J connectivity index is 2.39. The molecule has 5 nitrogen and oxygen atoms in total. The van der Waals surface area contributed by atoms with E-state index in [0.717, 1.165) is 31.4 Å². The molecule has 0 saturated carbocycles. The van der Waals surface area contributed by atoms with Crippen LogP contribution >= 0.6 is 11.8 Å². The van der Waals surface area contributed by atoms with Gasteiger partial charge in [-0.1, -0.05) is 0 Å². The Hall–Kier alpha value is -0.910. The van der Waals surface area contributed by atoms with E-state index in [1.807, 2.05) is 6.26 Å². The fourth-order valence-electron chi connectivity index (χ4n) is 2.20. The highest BCUT2D eigenvalue weighted by molar-refractivity contribution is 7.98. The maximum absolute atomic E-state index is 12.0. The molecule has 0 spiro atoms. The summed E-state index contributed by atoms with van der Waals surface area (Å²) >= 11 is 1.76. The van der Waals surface area contributed by atoms with Crippen LogP contribution in [0.3, 0.4) is 0 Å². The van der Waals surface area contributed by atoms with Crippen LogP contribution in [0.1, 0.15) is 32.1 Å². The van der Waals surface area contributed by atoms with Gasteiger partial charge < -0.3 is 15.3 Å². The summed E-state index contributed by atoms with van der Waals surface area (Å²) in [6.07, 6.45) is 5.81. The average molecular weight is 274 g/mol. The molecule has 0 aliphatic carbocycles. The molecular formula is C12H22N2O3S. The largest absolute Gasteiger partial charge is 0.481 e. The van der Waals surface area contributed by atoms with Gasteiger partial charge in [0, 0.05) is 19.1 Å². The van der Waals surface area contributed by atoms with E-state index in [1.165, 1.54) is 0 Å². The normalized spacial score (nSPS) is 19.6. The van der Waals surface area contributed by atoms with Crippen LogP contribution in [0, 0.1) is 0 Å². The molecule has 1 fully saturated rings. The number of likely N-dealkylation sites (tertiary alicyclic amines) is 1. The molecule has 6 heteroatoms. The quantitative estimate of drug-likeness (QED) is 0.724. The van der Waals surface area contributed by atoms with Crippen LogP contribution in [-0.4, -0.2) is 53.1 Å². The molecule has 1 aliphatic heterocycles. The van der Waals surface area contributed by atoms with Crippen molar-refractivity contribution in [3.05, 3.63) is 0 Å². The second kappa shape index (κ2) is 8.24. The third-order valence-corrected chi connectivity index (χ3v) is 3.80. The lowest BCUT2D eigenvalue weighted by Crippen LogP contribution is -2.49. The van der Waals surface area contributed by atoms with Crippen molar-refractivity contribution in [3.63, 3.8) is 0 Å². The molecule has 0 radical (unpaired) electrons. The Morgan fingerprint density at radius 1 is 1.44 bits per heavy atom. The van der Waals surface area contributed by atoms with Gasteiger partial charge in [-0.2, -0.15) is 11.8 Å². The highest BCUT2D eigenvalue weighted by Gasteiger charge is 2.28. The number of rotatable bonds is 6. The number of amides is 2. The molecule has 104 valence electrons. The summed E-state index contributed by atoms with van der Waals surface area (Å²) in [7, 11) is 0. The summed E-state index contributed by atoms with van der Waals surface area (Å²) in [6, 6.07) is -0.251. The van der Waals surface area contributed by atoms with Crippen molar-refractivity contribution in [1.29, 1.82) is 0 Å². The first kappa shape index (κ1) is 15.1. The number of aliphatic carboxylic acids is 1. The number of nitrogens with one attached hydrogen (secondary N) is 1. The predicted octanol–water partition coefficient (Wildman–Crippen LogP) is 1.78. The zero-order valence-electron chi connectivity index (χ0n) is 10.9. The maximum Gasteiger partial charge on any atom is 0.317 e. The standard InChI is InChI=1S/C12H22N2O3S/c1-18-8-4-6-13-12(17)14-7-3-2-5-10(14)9-11(15)16/h10H,2-9H2,1H3,(H,13,17)(H,15,16). The van der Waals surface area contributed by atoms with Crippen molar-refractivity contribution in [2.24, 2.45) is 0 Å². The zero-order chi connectivity index (χ0) is 13.4. The third-order valence-electron chi connectivity index (χ3n) is 3.10. The van der Waals surface area contributed by atoms with Gasteiger partial charge >= 0.3 is 12.0 Å². The first-order valence-electron chi connectivity index (χ1n) is 6.40. The van der Waals surface area contributed by atoms with E-state index < -0.39 is 5.97 Å². The number of nitrogens with zero attached hydrogens (tertiary/aromatic N) is 1. The van der Waals surface area contributed by atoms with Crippen LogP contribution in [0.5, 0.6) is 0 Å². The fourth-order valence-corrected chi connectivity index (χ4v) is 2.63. The molecule has 2 amide bonds. The monoisotopic (exact) mass is 274 g/mol. The Morgan fingerprint density at radius 2 is 2.22 bits per heavy atom. The van der Waals surface area contributed by atoms with Crippen molar-refractivity contribution in [2.45, 2.75) is 38.1 Å². The van der Waals surface area contributed by atoms with Crippen molar-refractivity contribution < 1.29 is 14.7 Å². The van der Waals surface area contributed by atoms with Gasteiger partial charge in [-0.15, -0.1) is 0 Å². The van der Waals surface area contributed by atoms with E-state index in [2.05, 4.69) is 5.32 Å². The number of carbonyl (C=O) groups excluding carboxylic acids is 1. The fraction of sp³-hybridized carbons (Fsp3) is 0.833. The number of urea groups is 1. The number of hydrogen-bond acceptors (Lipinski definition) is 3. The molecule has 18 heavy (non-hydrogen) atoms. The van der Waals surface area contributed by atoms with E-state index in [4.69, 9.17) is 5.11 Å². The number of hydrogen-bond donors (Lipinski definition) is 2. The molecule has 1 saturated heterocycles. The van der Waals surface area contributed by atoms with Gasteiger partial charge in [0.25, 0.3) is 0 Å². The van der Waals surface area contributed by atoms with Crippen LogP contribution in [-0.2, 0) is 4.79 Å². The molecule has 0 aromatic heterocycles. The molecule has 1 atom stereocenters. The molecule has 0 aromatic rings. The summed E-state index contributed by atoms with van der Waals surface area (Å²) in [6.45, 7) is 1.34. The molecule has 2 N–H and O–H groups in total. The molecule has 1 rings (SSSR count). The van der Waals surface area contributed by atoms with Crippen LogP contribution in [0.2, 0.25) is 0 Å². The molecule has 1 aliphatic rings. The minimum atomic E-state index is -0.831. The number of carboxylic acids is 1. The lowest BCUT2D eigenvalue weighted by atomic mass is 10.00. The topological polar surface area (TPSA) is 69.6 Å². The van der Waals surface area contributed by atoms with Gasteiger partial charge in [0.15, 0.2) is 0 Å². The zero-order valence-corrected chi connectivity index (χ0v) is 11.7. The number of piperidine rings is 1. The van der Waals surface area contributed by atoms with Crippen LogP contribution in [0.4, 0.5) is 4.79 Å². The van der Waals surface area contributed by atoms with Crippen LogP contribution in [0.15, 0.2) is 0 Å². The lowest BCUT2D eigenvalue weighted by Gasteiger charge is -2.34. The first-order valence-corrected chi connectivity index (χ1v) is 7.79. The van der Waals surface area contributed by atoms with Crippen molar-refractivity contribution in [3.8, 4) is 0 Å². The van der Waals surface area contributed by atoms with Gasteiger partial charge in [-0.3, -0.25) is 4.79 Å². The summed E-state index contributed by atoms with van der Waals surface area (Å²) in [5, 5.41) is 11.7. The Kier molecular flexibility index (Phi) is 6.93. The predicted molar refractivity (Wildman–Crippen MR) is 73.0 cm³/mol. The molecule has 1 heterocycles. The summed E-state index contributed by atoms with van der Waals surface area (Å²) in [4.78, 5) is 24.4. The average Bonchev–Trinajstić information content (AvgIpc) is 2.34. The van der Waals surface area contributed by atoms with E-state index in [-0.39, 0.29) is 18.5 Å². The Bertz CT molecular complexity index is 286. The summed E-state index contributed by atoms with van der Waals surface area (Å²) in [5.74, 6) is 0.195. The summed E-state index contributed by atoms with van der Waals surface area (Å²) < 4.78 is 0. The van der Waals surface area contributed by atoms with Crippen LogP contribution in [0.25, 0.3) is 0 Å². The SMILES string of the molecule is CSCCCNC(=O)N1CCCCC1CC(=O)O. The number of carboxylic acid groups (broad SMARTS) is 1. The third kappa shape index (κ3) is 5.16. The smallest absolute Gasteiger partial charge is 0.317 e. The maximum atomic E-state index is 12.0. The van der Waals surface area contributed by atoms with Crippen LogP contribution < -0.4 is 5.32 Å². The highest BCUT2D eigenvalue weighted by atomic mass is 32.2. The van der Waals surface area contributed by atoms with Gasteiger partial charge in [-0.05, 0) is 37.7 Å². The number of carbonyl (C=O) groups is 2. The molecule has 0 aromatic carbocycles. The Morgan fingerprint density at radius 3 is 2.89 bits per heavy atom. The van der Waals surface area contributed by atoms with Crippen molar-refractivity contribution >= 4 is 23.8 Å². The van der Waals surface area contributed by atoms with E-state index in [0.29, 0.717) is 13.1 Å². The molecule has 0 bridgehead atoms. The van der Waals surface area contributed by atoms with Gasteiger partial charge in [0.1, 0.15) is 0 Å². The second-order valence-corrected chi connectivity index (χ2v) is 5.50. The van der Waals surface area contributed by atoms with Gasteiger partial charge in [0.2, 0.25) is 0 Å². The Labute approximate surface area is 112 Å². The van der Waals surface area contributed by atoms with Gasteiger partial charge in [0.05, 0.1) is 6.42 Å². The van der Waals surface area contributed by atoms with E-state index >= 15 is 0 Å².